The van der Waals surface area contributed by atoms with E-state index >= 15 is 0 Å². The number of ether oxygens (including phenoxy) is 3. The largest absolute Gasteiger partial charge is 0.462 e. The Morgan fingerprint density at radius 3 is 1.24 bits per heavy atom. The maximum atomic E-state index is 12.5. The van der Waals surface area contributed by atoms with Gasteiger partial charge in [-0.25, -0.2) is 0 Å². The number of esters is 3. The molecule has 0 fully saturated rings. The Kier molecular flexibility index (Phi) is 32.2. The van der Waals surface area contributed by atoms with Gasteiger partial charge in [-0.05, 0) is 31.1 Å². The van der Waals surface area contributed by atoms with E-state index in [1.165, 1.54) is 96.3 Å². The molecule has 0 bridgehead atoms. The molecule has 0 spiro atoms. The maximum Gasteiger partial charge on any atom is 0.306 e. The summed E-state index contributed by atoms with van der Waals surface area (Å²) in [6, 6.07) is 0. The molecule has 0 N–H and O–H groups in total. The average molecular weight is 653 g/mol. The van der Waals surface area contributed by atoms with Crippen molar-refractivity contribution in [3.63, 3.8) is 0 Å². The lowest BCUT2D eigenvalue weighted by molar-refractivity contribution is -0.167. The van der Waals surface area contributed by atoms with Crippen LogP contribution in [0.15, 0.2) is 0 Å². The molecule has 1 unspecified atom stereocenters. The standard InChI is InChI=1S/C40H76O6/c1-6-8-9-10-13-22-27-32-40(43)46-37(34-45-39(42)31-26-21-17-16-18-23-28-35(3)4)33-44-38(41)30-25-20-15-12-11-14-19-24-29-36(5)7-2/h35-37H,6-34H2,1-5H3/t36?,37-/m0/s1. The Morgan fingerprint density at radius 2 is 0.826 bits per heavy atom. The van der Waals surface area contributed by atoms with Gasteiger partial charge in [0, 0.05) is 19.3 Å². The molecule has 0 rings (SSSR count). The average Bonchev–Trinajstić information content (AvgIpc) is 3.03. The molecule has 0 aliphatic rings. The fraction of sp³-hybridized carbons (Fsp3) is 0.925. The number of unbranched alkanes of at least 4 members (excludes halogenated alkanes) is 18. The van der Waals surface area contributed by atoms with Crippen molar-refractivity contribution in [3.05, 3.63) is 0 Å². The van der Waals surface area contributed by atoms with Gasteiger partial charge >= 0.3 is 17.9 Å². The van der Waals surface area contributed by atoms with Gasteiger partial charge < -0.3 is 14.2 Å². The Balaban J connectivity index is 4.32. The first-order valence-corrected chi connectivity index (χ1v) is 19.8. The van der Waals surface area contributed by atoms with Crippen molar-refractivity contribution in [3.8, 4) is 0 Å². The first-order chi connectivity index (χ1) is 22.3. The van der Waals surface area contributed by atoms with E-state index in [1.54, 1.807) is 0 Å². The third-order valence-corrected chi connectivity index (χ3v) is 9.08. The number of hydrogen-bond donors (Lipinski definition) is 0. The molecule has 0 aliphatic heterocycles. The Labute approximate surface area is 285 Å². The molecule has 0 aromatic heterocycles. The van der Waals surface area contributed by atoms with Crippen LogP contribution in [0.1, 0.15) is 208 Å². The van der Waals surface area contributed by atoms with Gasteiger partial charge in [0.25, 0.3) is 0 Å². The van der Waals surface area contributed by atoms with E-state index < -0.39 is 6.10 Å². The summed E-state index contributed by atoms with van der Waals surface area (Å²) in [7, 11) is 0. The summed E-state index contributed by atoms with van der Waals surface area (Å²) < 4.78 is 16.5. The van der Waals surface area contributed by atoms with E-state index in [2.05, 4.69) is 34.6 Å². The SMILES string of the molecule is CCCCCCCCCC(=O)O[C@@H](COC(=O)CCCCCCCCCCC(C)CC)COC(=O)CCCCCCCCC(C)C. The predicted molar refractivity (Wildman–Crippen MR) is 192 cm³/mol. The zero-order valence-corrected chi connectivity index (χ0v) is 31.2. The summed E-state index contributed by atoms with van der Waals surface area (Å²) in [5.74, 6) is 0.733. The maximum absolute atomic E-state index is 12.5. The molecule has 0 aliphatic carbocycles. The van der Waals surface area contributed by atoms with Gasteiger partial charge in [0.2, 0.25) is 0 Å². The van der Waals surface area contributed by atoms with Crippen molar-refractivity contribution in [2.24, 2.45) is 11.8 Å². The number of carbonyl (C=O) groups excluding carboxylic acids is 3. The molecule has 0 aromatic rings. The highest BCUT2D eigenvalue weighted by atomic mass is 16.6. The molecule has 2 atom stereocenters. The monoisotopic (exact) mass is 653 g/mol. The highest BCUT2D eigenvalue weighted by Crippen LogP contribution is 2.16. The summed E-state index contributed by atoms with van der Waals surface area (Å²) in [4.78, 5) is 37.3. The second kappa shape index (κ2) is 33.3. The van der Waals surface area contributed by atoms with E-state index in [0.29, 0.717) is 19.3 Å². The molecule has 0 heterocycles. The molecule has 0 saturated heterocycles. The van der Waals surface area contributed by atoms with Crippen LogP contribution in [0.25, 0.3) is 0 Å². The lowest BCUT2D eigenvalue weighted by Gasteiger charge is -2.18. The van der Waals surface area contributed by atoms with Crippen LogP contribution in [0.5, 0.6) is 0 Å². The fourth-order valence-corrected chi connectivity index (χ4v) is 5.66. The van der Waals surface area contributed by atoms with Crippen LogP contribution in [0.2, 0.25) is 0 Å². The smallest absolute Gasteiger partial charge is 0.306 e. The number of hydrogen-bond acceptors (Lipinski definition) is 6. The highest BCUT2D eigenvalue weighted by molar-refractivity contribution is 5.71. The molecule has 0 aromatic carbocycles. The zero-order valence-electron chi connectivity index (χ0n) is 31.2. The molecule has 6 nitrogen and oxygen atoms in total. The summed E-state index contributed by atoms with van der Waals surface area (Å²) >= 11 is 0. The Hall–Kier alpha value is -1.59. The fourth-order valence-electron chi connectivity index (χ4n) is 5.66. The minimum Gasteiger partial charge on any atom is -0.462 e. The quantitative estimate of drug-likeness (QED) is 0.0391. The summed E-state index contributed by atoms with van der Waals surface area (Å²) in [6.45, 7) is 11.2. The lowest BCUT2D eigenvalue weighted by atomic mass is 9.99. The third-order valence-electron chi connectivity index (χ3n) is 9.08. The Morgan fingerprint density at radius 1 is 0.457 bits per heavy atom. The van der Waals surface area contributed by atoms with Gasteiger partial charge in [-0.3, -0.25) is 14.4 Å². The molecular weight excluding hydrogens is 576 g/mol. The van der Waals surface area contributed by atoms with Crippen LogP contribution in [-0.2, 0) is 28.6 Å². The summed E-state index contributed by atoms with van der Waals surface area (Å²) in [6.07, 6.45) is 28.2. The molecule has 46 heavy (non-hydrogen) atoms. The van der Waals surface area contributed by atoms with E-state index in [1.807, 2.05) is 0 Å². The van der Waals surface area contributed by atoms with E-state index in [9.17, 15) is 14.4 Å². The van der Waals surface area contributed by atoms with Crippen molar-refractivity contribution in [2.75, 3.05) is 13.2 Å². The molecule has 0 saturated carbocycles. The van der Waals surface area contributed by atoms with E-state index in [0.717, 1.165) is 69.6 Å². The van der Waals surface area contributed by atoms with Gasteiger partial charge in [0.05, 0.1) is 0 Å². The first-order valence-electron chi connectivity index (χ1n) is 19.8. The topological polar surface area (TPSA) is 78.9 Å². The summed E-state index contributed by atoms with van der Waals surface area (Å²) in [5, 5.41) is 0. The normalized spacial score (nSPS) is 12.7. The Bertz CT molecular complexity index is 706. The van der Waals surface area contributed by atoms with Crippen LogP contribution in [-0.4, -0.2) is 37.2 Å². The van der Waals surface area contributed by atoms with Crippen LogP contribution in [0.3, 0.4) is 0 Å². The van der Waals surface area contributed by atoms with Crippen molar-refractivity contribution >= 4 is 17.9 Å². The minimum atomic E-state index is -0.758. The highest BCUT2D eigenvalue weighted by Gasteiger charge is 2.19. The van der Waals surface area contributed by atoms with Gasteiger partial charge in [-0.2, -0.15) is 0 Å². The van der Waals surface area contributed by atoms with Gasteiger partial charge in [0.1, 0.15) is 13.2 Å². The van der Waals surface area contributed by atoms with Gasteiger partial charge in [-0.1, -0.05) is 169 Å². The molecular formula is C40H76O6. The van der Waals surface area contributed by atoms with Crippen molar-refractivity contribution in [1.29, 1.82) is 0 Å². The first kappa shape index (κ1) is 44.4. The second-order valence-corrected chi connectivity index (χ2v) is 14.3. The van der Waals surface area contributed by atoms with Crippen molar-refractivity contribution < 1.29 is 28.6 Å². The van der Waals surface area contributed by atoms with E-state index in [-0.39, 0.29) is 31.1 Å². The zero-order chi connectivity index (χ0) is 34.1. The molecule has 0 radical (unpaired) electrons. The number of rotatable bonds is 34. The van der Waals surface area contributed by atoms with Gasteiger partial charge in [-0.15, -0.1) is 0 Å². The third kappa shape index (κ3) is 32.4. The summed E-state index contributed by atoms with van der Waals surface area (Å²) in [5.41, 5.74) is 0. The molecule has 272 valence electrons. The van der Waals surface area contributed by atoms with Gasteiger partial charge in [0.15, 0.2) is 6.10 Å². The predicted octanol–water partition coefficient (Wildman–Crippen LogP) is 11.8. The van der Waals surface area contributed by atoms with Crippen LogP contribution < -0.4 is 0 Å². The molecule has 0 amide bonds. The number of carbonyl (C=O) groups is 3. The van der Waals surface area contributed by atoms with Crippen LogP contribution in [0.4, 0.5) is 0 Å². The van der Waals surface area contributed by atoms with Crippen molar-refractivity contribution in [1.82, 2.24) is 0 Å². The molecule has 6 heteroatoms. The van der Waals surface area contributed by atoms with Crippen LogP contribution in [0, 0.1) is 11.8 Å². The van der Waals surface area contributed by atoms with Crippen molar-refractivity contribution in [2.45, 2.75) is 214 Å². The minimum absolute atomic E-state index is 0.0676. The van der Waals surface area contributed by atoms with E-state index in [4.69, 9.17) is 14.2 Å². The second-order valence-electron chi connectivity index (χ2n) is 14.3. The lowest BCUT2D eigenvalue weighted by Crippen LogP contribution is -2.30. The van der Waals surface area contributed by atoms with Crippen LogP contribution >= 0.6 is 0 Å².